The van der Waals surface area contributed by atoms with Gasteiger partial charge < -0.3 is 19.3 Å². The lowest BCUT2D eigenvalue weighted by Crippen LogP contribution is -2.29. The van der Waals surface area contributed by atoms with Crippen LogP contribution in [0.25, 0.3) is 16.0 Å². The Morgan fingerprint density at radius 3 is 2.62 bits per heavy atom. The number of hydrogen-bond donors (Lipinski definition) is 1. The Labute approximate surface area is 229 Å². The zero-order chi connectivity index (χ0) is 27.3. The minimum Gasteiger partial charge on any atom is -0.507 e. The van der Waals surface area contributed by atoms with E-state index >= 15 is 0 Å². The molecule has 4 aromatic rings. The van der Waals surface area contributed by atoms with Crippen LogP contribution >= 0.6 is 11.3 Å². The van der Waals surface area contributed by atoms with Gasteiger partial charge in [0, 0.05) is 12.0 Å². The highest BCUT2D eigenvalue weighted by atomic mass is 32.1. The molecule has 0 saturated carbocycles. The number of fused-ring (bicyclic) bond motifs is 2. The smallest absolute Gasteiger partial charge is 0.301 e. The predicted molar refractivity (Wildman–Crippen MR) is 149 cm³/mol. The van der Waals surface area contributed by atoms with Crippen LogP contribution in [0.15, 0.2) is 66.2 Å². The zero-order valence-corrected chi connectivity index (χ0v) is 22.5. The van der Waals surface area contributed by atoms with Crippen molar-refractivity contribution in [3.05, 3.63) is 82.9 Å². The number of ether oxygens (including phenoxy) is 3. The van der Waals surface area contributed by atoms with Crippen molar-refractivity contribution in [3.8, 4) is 17.2 Å². The second-order valence-electron chi connectivity index (χ2n) is 9.46. The number of aromatic nitrogens is 1. The molecule has 1 N–H and O–H groups in total. The van der Waals surface area contributed by atoms with Crippen molar-refractivity contribution in [1.29, 1.82) is 0 Å². The van der Waals surface area contributed by atoms with E-state index in [9.17, 15) is 14.7 Å². The van der Waals surface area contributed by atoms with Gasteiger partial charge in [-0.2, -0.15) is 0 Å². The third kappa shape index (κ3) is 4.28. The third-order valence-corrected chi connectivity index (χ3v) is 7.93. The molecule has 0 bridgehead atoms. The summed E-state index contributed by atoms with van der Waals surface area (Å²) in [5.74, 6) is 0.330. The molecule has 6 rings (SSSR count). The monoisotopic (exact) mass is 542 g/mol. The van der Waals surface area contributed by atoms with Crippen LogP contribution in [-0.4, -0.2) is 41.6 Å². The second-order valence-corrected chi connectivity index (χ2v) is 10.5. The molecule has 2 atom stereocenters. The summed E-state index contributed by atoms with van der Waals surface area (Å²) in [6.45, 7) is 4.38. The molecule has 0 spiro atoms. The number of rotatable bonds is 6. The van der Waals surface area contributed by atoms with Crippen LogP contribution in [0.2, 0.25) is 0 Å². The van der Waals surface area contributed by atoms with E-state index in [2.05, 4.69) is 4.98 Å². The molecule has 8 nitrogen and oxygen atoms in total. The Morgan fingerprint density at radius 1 is 1.10 bits per heavy atom. The summed E-state index contributed by atoms with van der Waals surface area (Å²) >= 11 is 1.28. The van der Waals surface area contributed by atoms with Crippen molar-refractivity contribution in [3.63, 3.8) is 0 Å². The summed E-state index contributed by atoms with van der Waals surface area (Å²) in [4.78, 5) is 33.2. The van der Waals surface area contributed by atoms with E-state index in [0.717, 1.165) is 16.0 Å². The normalized spacial score (nSPS) is 19.8. The van der Waals surface area contributed by atoms with Crippen molar-refractivity contribution >= 4 is 44.1 Å². The number of anilines is 1. The molecule has 1 saturated heterocycles. The average Bonchev–Trinajstić information content (AvgIpc) is 3.60. The standard InChI is InChI=1S/C30H26N2O6S/c1-4-37-20-8-5-17(6-9-20)26-25(27(33)18-7-12-23-19(14-18)13-16(2)38-23)28(34)29(35)32(26)30-31-22-11-10-21(36-3)15-24(22)39-30/h5-12,14-16,26,33H,4,13H2,1-3H3/b27-25+. The number of nitrogens with zero attached hydrogens (tertiary/aromatic N) is 2. The van der Waals surface area contributed by atoms with Crippen LogP contribution in [0.4, 0.5) is 5.13 Å². The Kier molecular flexibility index (Phi) is 6.23. The highest BCUT2D eigenvalue weighted by Crippen LogP contribution is 2.45. The number of carbonyl (C=O) groups is 2. The zero-order valence-electron chi connectivity index (χ0n) is 21.6. The van der Waals surface area contributed by atoms with Gasteiger partial charge in [-0.15, -0.1) is 0 Å². The van der Waals surface area contributed by atoms with Gasteiger partial charge in [-0.3, -0.25) is 14.5 Å². The summed E-state index contributed by atoms with van der Waals surface area (Å²) in [5, 5.41) is 11.9. The lowest BCUT2D eigenvalue weighted by atomic mass is 9.94. The molecule has 3 heterocycles. The number of hydrogen-bond acceptors (Lipinski definition) is 8. The van der Waals surface area contributed by atoms with Crippen LogP contribution in [-0.2, 0) is 16.0 Å². The summed E-state index contributed by atoms with van der Waals surface area (Å²) < 4.78 is 17.5. The number of Topliss-reactive ketones (excluding diaryl/α,β-unsaturated/α-hetero) is 1. The lowest BCUT2D eigenvalue weighted by molar-refractivity contribution is -0.132. The van der Waals surface area contributed by atoms with Gasteiger partial charge in [-0.1, -0.05) is 23.5 Å². The summed E-state index contributed by atoms with van der Waals surface area (Å²) in [7, 11) is 1.58. The minimum atomic E-state index is -0.883. The van der Waals surface area contributed by atoms with E-state index in [4.69, 9.17) is 14.2 Å². The quantitative estimate of drug-likeness (QED) is 0.191. The van der Waals surface area contributed by atoms with Crippen molar-refractivity contribution in [1.82, 2.24) is 4.98 Å². The fraction of sp³-hybridized carbons (Fsp3) is 0.233. The van der Waals surface area contributed by atoms with E-state index in [1.165, 1.54) is 16.2 Å². The van der Waals surface area contributed by atoms with Crippen LogP contribution in [0.1, 0.15) is 36.6 Å². The summed E-state index contributed by atoms with van der Waals surface area (Å²) in [5.41, 5.74) is 2.73. The number of benzene rings is 3. The van der Waals surface area contributed by atoms with Gasteiger partial charge in [-0.25, -0.2) is 4.98 Å². The Balaban J connectivity index is 1.51. The van der Waals surface area contributed by atoms with Gasteiger partial charge >= 0.3 is 5.91 Å². The molecule has 1 amide bonds. The van der Waals surface area contributed by atoms with Gasteiger partial charge in [0.25, 0.3) is 5.78 Å². The van der Waals surface area contributed by atoms with E-state index in [1.54, 1.807) is 49.6 Å². The molecule has 2 aliphatic rings. The first-order chi connectivity index (χ1) is 18.9. The molecule has 9 heteroatoms. The molecular formula is C30H26N2O6S. The van der Waals surface area contributed by atoms with Gasteiger partial charge in [-0.05, 0) is 73.5 Å². The van der Waals surface area contributed by atoms with Crippen LogP contribution in [0.3, 0.4) is 0 Å². The van der Waals surface area contributed by atoms with Gasteiger partial charge in [0.1, 0.15) is 29.1 Å². The first-order valence-corrected chi connectivity index (χ1v) is 13.5. The largest absolute Gasteiger partial charge is 0.507 e. The number of carbonyl (C=O) groups excluding carboxylic acids is 2. The molecule has 1 fully saturated rings. The average molecular weight is 543 g/mol. The highest BCUT2D eigenvalue weighted by Gasteiger charge is 2.48. The number of aliphatic hydroxyl groups is 1. The number of amides is 1. The Hall–Kier alpha value is -4.37. The molecule has 3 aromatic carbocycles. The third-order valence-electron chi connectivity index (χ3n) is 6.91. The fourth-order valence-electron chi connectivity index (χ4n) is 5.11. The van der Waals surface area contributed by atoms with Crippen LogP contribution in [0, 0.1) is 0 Å². The van der Waals surface area contributed by atoms with Gasteiger partial charge in [0.05, 0.1) is 35.5 Å². The molecule has 0 radical (unpaired) electrons. The van der Waals surface area contributed by atoms with E-state index in [0.29, 0.717) is 46.3 Å². The lowest BCUT2D eigenvalue weighted by Gasteiger charge is -2.23. The maximum atomic E-state index is 13.6. The van der Waals surface area contributed by atoms with Crippen molar-refractivity contribution < 1.29 is 28.9 Å². The molecule has 39 heavy (non-hydrogen) atoms. The van der Waals surface area contributed by atoms with Gasteiger partial charge in [0.2, 0.25) is 0 Å². The summed E-state index contributed by atoms with van der Waals surface area (Å²) in [6.07, 6.45) is 0.729. The minimum absolute atomic E-state index is 0.00732. The fourth-order valence-corrected chi connectivity index (χ4v) is 6.13. The maximum absolute atomic E-state index is 13.6. The topological polar surface area (TPSA) is 98.2 Å². The number of ketones is 1. The summed E-state index contributed by atoms with van der Waals surface area (Å²) in [6, 6.07) is 17.1. The van der Waals surface area contributed by atoms with Crippen LogP contribution in [0.5, 0.6) is 17.2 Å². The SMILES string of the molecule is CCOc1ccc(C2/C(=C(\O)c3ccc4c(c3)CC(C)O4)C(=O)C(=O)N2c2nc3ccc(OC)cc3s2)cc1. The van der Waals surface area contributed by atoms with Gasteiger partial charge in [0.15, 0.2) is 5.13 Å². The molecule has 0 aliphatic carbocycles. The second kappa shape index (κ2) is 9.74. The number of aliphatic hydroxyl groups excluding tert-OH is 1. The van der Waals surface area contributed by atoms with Crippen molar-refractivity contribution in [2.24, 2.45) is 0 Å². The molecule has 2 unspecified atom stereocenters. The Morgan fingerprint density at radius 2 is 1.87 bits per heavy atom. The first-order valence-electron chi connectivity index (χ1n) is 12.7. The predicted octanol–water partition coefficient (Wildman–Crippen LogP) is 5.65. The van der Waals surface area contributed by atoms with E-state index < -0.39 is 17.7 Å². The molecular weight excluding hydrogens is 516 g/mol. The number of methoxy groups -OCH3 is 1. The molecule has 1 aromatic heterocycles. The highest BCUT2D eigenvalue weighted by molar-refractivity contribution is 7.22. The van der Waals surface area contributed by atoms with Crippen molar-refractivity contribution in [2.45, 2.75) is 32.4 Å². The Bertz CT molecular complexity index is 1640. The molecule has 2 aliphatic heterocycles. The maximum Gasteiger partial charge on any atom is 0.301 e. The van der Waals surface area contributed by atoms with E-state index in [1.807, 2.05) is 32.0 Å². The number of thiazole rings is 1. The van der Waals surface area contributed by atoms with Crippen LogP contribution < -0.4 is 19.1 Å². The first kappa shape index (κ1) is 24.9. The van der Waals surface area contributed by atoms with Crippen molar-refractivity contribution in [2.75, 3.05) is 18.6 Å². The molecule has 198 valence electrons. The van der Waals surface area contributed by atoms with E-state index in [-0.39, 0.29) is 17.4 Å².